The zero-order valence-corrected chi connectivity index (χ0v) is 17.7. The summed E-state index contributed by atoms with van der Waals surface area (Å²) in [6, 6.07) is 4.39. The number of benzene rings is 1. The molecule has 2 aliphatic heterocycles. The van der Waals surface area contributed by atoms with Crippen molar-refractivity contribution in [3.8, 4) is 0 Å². The van der Waals surface area contributed by atoms with Gasteiger partial charge >= 0.3 is 6.18 Å². The van der Waals surface area contributed by atoms with Crippen molar-refractivity contribution in [2.24, 2.45) is 0 Å². The number of imide groups is 1. The highest BCUT2D eigenvalue weighted by Crippen LogP contribution is 2.42. The van der Waals surface area contributed by atoms with Crippen molar-refractivity contribution in [1.82, 2.24) is 9.80 Å². The van der Waals surface area contributed by atoms with Crippen LogP contribution in [0.4, 0.5) is 13.2 Å². The minimum Gasteiger partial charge on any atom is -0.376 e. The number of hydrogen-bond acceptors (Lipinski definition) is 4. The molecule has 3 amide bonds. The van der Waals surface area contributed by atoms with Crippen LogP contribution in [0.5, 0.6) is 0 Å². The van der Waals surface area contributed by atoms with Crippen LogP contribution in [0.2, 0.25) is 0 Å². The Morgan fingerprint density at radius 3 is 2.58 bits per heavy atom. The highest BCUT2D eigenvalue weighted by molar-refractivity contribution is 6.10. The molecule has 170 valence electrons. The fourth-order valence-corrected chi connectivity index (χ4v) is 4.39. The van der Waals surface area contributed by atoms with E-state index in [1.165, 1.54) is 12.1 Å². The van der Waals surface area contributed by atoms with Crippen LogP contribution in [0.15, 0.2) is 24.3 Å². The quantitative estimate of drug-likeness (QED) is 0.611. The smallest absolute Gasteiger partial charge is 0.376 e. The number of likely N-dealkylation sites (tertiary alicyclic amines) is 1. The van der Waals surface area contributed by atoms with Gasteiger partial charge in [0, 0.05) is 39.1 Å². The standard InChI is InChI=1S/C22H27F3N2O4/c1-3-26(14-17-9-6-10-31-17)18(28)12-21(13-19(29)27(4-2)20(21)30)15-7-5-8-16(11-15)22(23,24)25/h5,7-8,11,17H,3-4,6,9-10,12-14H2,1-2H3/t17-,21+/m1/s1. The van der Waals surface area contributed by atoms with Gasteiger partial charge < -0.3 is 9.64 Å². The summed E-state index contributed by atoms with van der Waals surface area (Å²) in [4.78, 5) is 41.5. The minimum atomic E-state index is -4.60. The van der Waals surface area contributed by atoms with Gasteiger partial charge in [0.15, 0.2) is 0 Å². The van der Waals surface area contributed by atoms with Crippen molar-refractivity contribution < 1.29 is 32.3 Å². The number of likely N-dealkylation sites (N-methyl/N-ethyl adjacent to an activating group) is 2. The van der Waals surface area contributed by atoms with Gasteiger partial charge in [-0.05, 0) is 38.3 Å². The van der Waals surface area contributed by atoms with Gasteiger partial charge in [0.25, 0.3) is 0 Å². The number of nitrogens with zero attached hydrogens (tertiary/aromatic N) is 2. The molecule has 2 saturated heterocycles. The third kappa shape index (κ3) is 4.61. The summed E-state index contributed by atoms with van der Waals surface area (Å²) < 4.78 is 45.5. The number of alkyl halides is 3. The molecule has 3 rings (SSSR count). The first kappa shape index (κ1) is 23.2. The first-order chi connectivity index (χ1) is 14.6. The van der Waals surface area contributed by atoms with Crippen molar-refractivity contribution in [3.63, 3.8) is 0 Å². The largest absolute Gasteiger partial charge is 0.416 e. The van der Waals surface area contributed by atoms with Crippen LogP contribution in [0.3, 0.4) is 0 Å². The van der Waals surface area contributed by atoms with E-state index in [1.54, 1.807) is 18.7 Å². The molecule has 2 atom stereocenters. The van der Waals surface area contributed by atoms with Crippen LogP contribution < -0.4 is 0 Å². The number of hydrogen-bond donors (Lipinski definition) is 0. The molecule has 0 spiro atoms. The summed E-state index contributed by atoms with van der Waals surface area (Å²) in [5.41, 5.74) is -2.52. The van der Waals surface area contributed by atoms with E-state index >= 15 is 0 Å². The molecule has 2 heterocycles. The number of carbonyl (C=O) groups excluding carboxylic acids is 3. The third-order valence-corrected chi connectivity index (χ3v) is 6.10. The molecule has 0 bridgehead atoms. The van der Waals surface area contributed by atoms with Gasteiger partial charge in [-0.2, -0.15) is 13.2 Å². The predicted molar refractivity (Wildman–Crippen MR) is 106 cm³/mol. The van der Waals surface area contributed by atoms with Gasteiger partial charge in [0.2, 0.25) is 17.7 Å². The fraction of sp³-hybridized carbons (Fsp3) is 0.591. The molecule has 2 fully saturated rings. The van der Waals surface area contributed by atoms with E-state index < -0.39 is 29.0 Å². The highest BCUT2D eigenvalue weighted by atomic mass is 19.4. The minimum absolute atomic E-state index is 0.0399. The first-order valence-electron chi connectivity index (χ1n) is 10.5. The van der Waals surface area contributed by atoms with Gasteiger partial charge in [0.05, 0.1) is 17.1 Å². The maximum Gasteiger partial charge on any atom is 0.416 e. The Morgan fingerprint density at radius 2 is 2.03 bits per heavy atom. The van der Waals surface area contributed by atoms with Gasteiger partial charge in [-0.25, -0.2) is 0 Å². The molecule has 1 aromatic carbocycles. The van der Waals surface area contributed by atoms with Crippen LogP contribution in [0.1, 0.15) is 50.7 Å². The summed E-state index contributed by atoms with van der Waals surface area (Å²) in [6.07, 6.45) is -3.67. The Hall–Kier alpha value is -2.42. The van der Waals surface area contributed by atoms with Gasteiger partial charge in [-0.3, -0.25) is 19.3 Å². The molecule has 31 heavy (non-hydrogen) atoms. The lowest BCUT2D eigenvalue weighted by Gasteiger charge is -2.31. The molecule has 0 aromatic heterocycles. The number of amides is 3. The molecular formula is C22H27F3N2O4. The Morgan fingerprint density at radius 1 is 1.29 bits per heavy atom. The molecular weight excluding hydrogens is 413 g/mol. The Bertz CT molecular complexity index is 851. The van der Waals surface area contributed by atoms with Crippen molar-refractivity contribution in [1.29, 1.82) is 0 Å². The Labute approximate surface area is 179 Å². The predicted octanol–water partition coefficient (Wildman–Crippen LogP) is 3.14. The normalized spacial score (nSPS) is 24.2. The molecule has 1 aromatic rings. The molecule has 0 radical (unpaired) electrons. The average molecular weight is 440 g/mol. The second kappa shape index (κ2) is 8.98. The van der Waals surface area contributed by atoms with Gasteiger partial charge in [-0.15, -0.1) is 0 Å². The second-order valence-electron chi connectivity index (χ2n) is 8.02. The Balaban J connectivity index is 1.97. The van der Waals surface area contributed by atoms with Crippen LogP contribution in [0, 0.1) is 0 Å². The van der Waals surface area contributed by atoms with E-state index in [2.05, 4.69) is 0 Å². The summed E-state index contributed by atoms with van der Waals surface area (Å²) in [5.74, 6) is -1.49. The molecule has 6 nitrogen and oxygen atoms in total. The summed E-state index contributed by atoms with van der Waals surface area (Å²) in [7, 11) is 0. The number of ether oxygens (including phenoxy) is 1. The topological polar surface area (TPSA) is 66.9 Å². The highest BCUT2D eigenvalue weighted by Gasteiger charge is 2.54. The first-order valence-corrected chi connectivity index (χ1v) is 10.5. The Kier molecular flexibility index (Phi) is 6.73. The van der Waals surface area contributed by atoms with Crippen LogP contribution >= 0.6 is 0 Å². The molecule has 0 saturated carbocycles. The fourth-order valence-electron chi connectivity index (χ4n) is 4.39. The van der Waals surface area contributed by atoms with E-state index in [1.807, 2.05) is 0 Å². The summed E-state index contributed by atoms with van der Waals surface area (Å²) in [5, 5.41) is 0. The lowest BCUT2D eigenvalue weighted by atomic mass is 9.75. The zero-order valence-electron chi connectivity index (χ0n) is 17.7. The van der Waals surface area contributed by atoms with Gasteiger partial charge in [0.1, 0.15) is 0 Å². The van der Waals surface area contributed by atoms with Crippen LogP contribution in [-0.2, 0) is 30.7 Å². The van der Waals surface area contributed by atoms with Crippen molar-refractivity contribution >= 4 is 17.7 Å². The molecule has 9 heteroatoms. The van der Waals surface area contributed by atoms with E-state index in [0.717, 1.165) is 29.9 Å². The van der Waals surface area contributed by atoms with E-state index in [0.29, 0.717) is 19.7 Å². The third-order valence-electron chi connectivity index (χ3n) is 6.10. The van der Waals surface area contributed by atoms with Crippen molar-refractivity contribution in [2.75, 3.05) is 26.2 Å². The number of rotatable bonds is 7. The number of carbonyl (C=O) groups is 3. The summed E-state index contributed by atoms with van der Waals surface area (Å²) >= 11 is 0. The number of halogens is 3. The maximum atomic E-state index is 13.3. The summed E-state index contributed by atoms with van der Waals surface area (Å²) in [6.45, 7) is 4.87. The van der Waals surface area contributed by atoms with E-state index in [-0.39, 0.29) is 37.0 Å². The molecule has 0 aliphatic carbocycles. The van der Waals surface area contributed by atoms with Crippen molar-refractivity contribution in [3.05, 3.63) is 35.4 Å². The molecule has 0 N–H and O–H groups in total. The zero-order chi connectivity index (χ0) is 22.8. The molecule has 2 aliphatic rings. The lowest BCUT2D eigenvalue weighted by Crippen LogP contribution is -2.45. The SMILES string of the molecule is CCN(C[C@H]1CCCO1)C(=O)C[C@@]1(c2cccc(C(F)(F)F)c2)CC(=O)N(CC)C1=O. The van der Waals surface area contributed by atoms with Crippen LogP contribution in [0.25, 0.3) is 0 Å². The van der Waals surface area contributed by atoms with Gasteiger partial charge in [-0.1, -0.05) is 18.2 Å². The van der Waals surface area contributed by atoms with E-state index in [9.17, 15) is 27.6 Å². The van der Waals surface area contributed by atoms with Crippen molar-refractivity contribution in [2.45, 2.75) is 57.2 Å². The van der Waals surface area contributed by atoms with Crippen LogP contribution in [-0.4, -0.2) is 59.9 Å². The second-order valence-corrected chi connectivity index (χ2v) is 8.02. The van der Waals surface area contributed by atoms with E-state index in [4.69, 9.17) is 4.74 Å². The maximum absolute atomic E-state index is 13.3. The lowest BCUT2D eigenvalue weighted by molar-refractivity contribution is -0.143. The monoisotopic (exact) mass is 440 g/mol. The average Bonchev–Trinajstić information content (AvgIpc) is 3.32. The molecule has 0 unspecified atom stereocenters.